The molecule has 26 heavy (non-hydrogen) atoms. The minimum Gasteiger partial charge on any atom is -0.348 e. The van der Waals surface area contributed by atoms with Crippen molar-refractivity contribution in [3.8, 4) is 11.3 Å². The molecule has 0 radical (unpaired) electrons. The molecule has 0 saturated carbocycles. The zero-order chi connectivity index (χ0) is 17.9. The van der Waals surface area contributed by atoms with E-state index >= 15 is 0 Å². The molecule has 1 aromatic carbocycles. The summed E-state index contributed by atoms with van der Waals surface area (Å²) in [5.41, 5.74) is 3.16. The molecule has 0 spiro atoms. The number of nitrogens with one attached hydrogen (secondary N) is 1. The Balaban J connectivity index is 1.72. The van der Waals surface area contributed by atoms with Gasteiger partial charge in [-0.25, -0.2) is 4.98 Å². The number of amides is 1. The van der Waals surface area contributed by atoms with Crippen molar-refractivity contribution in [3.63, 3.8) is 0 Å². The van der Waals surface area contributed by atoms with Gasteiger partial charge in [0.25, 0.3) is 5.91 Å². The zero-order valence-corrected chi connectivity index (χ0v) is 14.9. The number of aromatic nitrogens is 2. The number of pyridine rings is 2. The van der Waals surface area contributed by atoms with Gasteiger partial charge >= 0.3 is 0 Å². The largest absolute Gasteiger partial charge is 0.348 e. The van der Waals surface area contributed by atoms with Gasteiger partial charge in [0.05, 0.1) is 16.8 Å². The highest BCUT2D eigenvalue weighted by atomic mass is 16.1. The summed E-state index contributed by atoms with van der Waals surface area (Å²) in [7, 11) is 2.10. The maximum atomic E-state index is 13.0. The number of likely N-dealkylation sites (N-methyl/N-ethyl adjacent to an activating group) is 1. The van der Waals surface area contributed by atoms with Gasteiger partial charge in [0.15, 0.2) is 0 Å². The number of benzene rings is 1. The van der Waals surface area contributed by atoms with Crippen LogP contribution in [0.3, 0.4) is 0 Å². The SMILES string of the molecule is CN1CCC[C@@H](NC(=O)c2cc(-c3cccnc3)nc3ccccc23)C1. The van der Waals surface area contributed by atoms with E-state index in [0.29, 0.717) is 5.56 Å². The number of fused-ring (bicyclic) bond motifs is 1. The summed E-state index contributed by atoms with van der Waals surface area (Å²) in [5.74, 6) is -0.0333. The van der Waals surface area contributed by atoms with Crippen molar-refractivity contribution < 1.29 is 4.79 Å². The summed E-state index contributed by atoms with van der Waals surface area (Å²) in [6.45, 7) is 1.99. The fraction of sp³-hybridized carbons (Fsp3) is 0.286. The number of piperidine rings is 1. The lowest BCUT2D eigenvalue weighted by Crippen LogP contribution is -2.46. The third-order valence-electron chi connectivity index (χ3n) is 4.88. The van der Waals surface area contributed by atoms with Crippen LogP contribution < -0.4 is 5.32 Å². The van der Waals surface area contributed by atoms with Crippen LogP contribution in [0, 0.1) is 0 Å². The molecule has 1 aliphatic heterocycles. The molecule has 3 heterocycles. The van der Waals surface area contributed by atoms with Crippen molar-refractivity contribution in [2.45, 2.75) is 18.9 Å². The van der Waals surface area contributed by atoms with E-state index in [2.05, 4.69) is 22.2 Å². The van der Waals surface area contributed by atoms with Crippen LogP contribution in [0.1, 0.15) is 23.2 Å². The van der Waals surface area contributed by atoms with Crippen LogP contribution in [0.5, 0.6) is 0 Å². The Kier molecular flexibility index (Phi) is 4.63. The van der Waals surface area contributed by atoms with Gasteiger partial charge in [-0.05, 0) is 50.7 Å². The minimum absolute atomic E-state index is 0.0333. The highest BCUT2D eigenvalue weighted by molar-refractivity contribution is 6.07. The Morgan fingerprint density at radius 2 is 2.12 bits per heavy atom. The summed E-state index contributed by atoms with van der Waals surface area (Å²) in [5, 5.41) is 4.09. The predicted octanol–water partition coefficient (Wildman–Crippen LogP) is 3.12. The summed E-state index contributed by atoms with van der Waals surface area (Å²) in [4.78, 5) is 24.2. The minimum atomic E-state index is -0.0333. The third-order valence-corrected chi connectivity index (χ3v) is 4.88. The van der Waals surface area contributed by atoms with Crippen LogP contribution in [0.2, 0.25) is 0 Å². The second-order valence-electron chi connectivity index (χ2n) is 6.89. The highest BCUT2D eigenvalue weighted by Crippen LogP contribution is 2.24. The van der Waals surface area contributed by atoms with E-state index in [0.717, 1.165) is 48.1 Å². The number of para-hydroxylation sites is 1. The molecule has 1 amide bonds. The Hall–Kier alpha value is -2.79. The Morgan fingerprint density at radius 3 is 2.92 bits per heavy atom. The smallest absolute Gasteiger partial charge is 0.252 e. The average Bonchev–Trinajstić information content (AvgIpc) is 2.68. The second kappa shape index (κ2) is 7.22. The van der Waals surface area contributed by atoms with E-state index in [4.69, 9.17) is 4.98 Å². The molecule has 3 aromatic rings. The molecular weight excluding hydrogens is 324 g/mol. The maximum absolute atomic E-state index is 13.0. The quantitative estimate of drug-likeness (QED) is 0.792. The van der Waals surface area contributed by atoms with E-state index in [-0.39, 0.29) is 11.9 Å². The fourth-order valence-electron chi connectivity index (χ4n) is 3.57. The molecule has 1 aliphatic rings. The summed E-state index contributed by atoms with van der Waals surface area (Å²) in [6, 6.07) is 13.7. The summed E-state index contributed by atoms with van der Waals surface area (Å²) >= 11 is 0. The first-order chi connectivity index (χ1) is 12.7. The lowest BCUT2D eigenvalue weighted by Gasteiger charge is -2.30. The lowest BCUT2D eigenvalue weighted by atomic mass is 10.0. The first-order valence-electron chi connectivity index (χ1n) is 9.00. The highest BCUT2D eigenvalue weighted by Gasteiger charge is 2.21. The molecule has 4 rings (SSSR count). The van der Waals surface area contributed by atoms with Gasteiger partial charge < -0.3 is 10.2 Å². The number of hydrogen-bond acceptors (Lipinski definition) is 4. The molecule has 1 saturated heterocycles. The van der Waals surface area contributed by atoms with Crippen molar-refractivity contribution in [3.05, 3.63) is 60.4 Å². The normalized spacial score (nSPS) is 18.0. The first kappa shape index (κ1) is 16.7. The van der Waals surface area contributed by atoms with Gasteiger partial charge in [0, 0.05) is 35.9 Å². The van der Waals surface area contributed by atoms with Crippen molar-refractivity contribution in [1.82, 2.24) is 20.2 Å². The molecule has 0 unspecified atom stereocenters. The van der Waals surface area contributed by atoms with Gasteiger partial charge in [-0.15, -0.1) is 0 Å². The standard InChI is InChI=1S/C21H22N4O/c1-25-11-5-7-16(14-25)23-21(26)18-12-20(15-6-4-10-22-13-15)24-19-9-3-2-8-17(18)19/h2-4,6,8-10,12-13,16H,5,7,11,14H2,1H3,(H,23,26)/t16-/m1/s1. The van der Waals surface area contributed by atoms with Crippen LogP contribution in [0.25, 0.3) is 22.2 Å². The van der Waals surface area contributed by atoms with E-state index < -0.39 is 0 Å². The van der Waals surface area contributed by atoms with Crippen LogP contribution in [-0.4, -0.2) is 47.0 Å². The molecule has 1 fully saturated rings. The van der Waals surface area contributed by atoms with Crippen LogP contribution in [0.15, 0.2) is 54.9 Å². The summed E-state index contributed by atoms with van der Waals surface area (Å²) in [6.07, 6.45) is 5.64. The molecule has 1 atom stereocenters. The van der Waals surface area contributed by atoms with Gasteiger partial charge in [-0.2, -0.15) is 0 Å². The van der Waals surface area contributed by atoms with E-state index in [1.165, 1.54) is 0 Å². The molecule has 0 bridgehead atoms. The van der Waals surface area contributed by atoms with Gasteiger partial charge in [-0.3, -0.25) is 9.78 Å². The number of likely N-dealkylation sites (tertiary alicyclic amines) is 1. The predicted molar refractivity (Wildman–Crippen MR) is 103 cm³/mol. The van der Waals surface area contributed by atoms with Crippen molar-refractivity contribution in [1.29, 1.82) is 0 Å². The maximum Gasteiger partial charge on any atom is 0.252 e. The van der Waals surface area contributed by atoms with Crippen LogP contribution in [0.4, 0.5) is 0 Å². The topological polar surface area (TPSA) is 58.1 Å². The second-order valence-corrected chi connectivity index (χ2v) is 6.89. The monoisotopic (exact) mass is 346 g/mol. The van der Waals surface area contributed by atoms with E-state index in [9.17, 15) is 4.79 Å². The molecule has 2 aromatic heterocycles. The van der Waals surface area contributed by atoms with Gasteiger partial charge in [0.2, 0.25) is 0 Å². The molecule has 0 aliphatic carbocycles. The van der Waals surface area contributed by atoms with E-state index in [1.54, 1.807) is 12.4 Å². The Labute approximate surface area is 153 Å². The number of carbonyl (C=O) groups is 1. The number of nitrogens with zero attached hydrogens (tertiary/aromatic N) is 3. The van der Waals surface area contributed by atoms with Crippen LogP contribution in [-0.2, 0) is 0 Å². The fourth-order valence-corrected chi connectivity index (χ4v) is 3.57. The average molecular weight is 346 g/mol. The molecule has 5 nitrogen and oxygen atoms in total. The number of hydrogen-bond donors (Lipinski definition) is 1. The summed E-state index contributed by atoms with van der Waals surface area (Å²) < 4.78 is 0. The molecule has 5 heteroatoms. The van der Waals surface area contributed by atoms with Crippen molar-refractivity contribution in [2.24, 2.45) is 0 Å². The molecule has 1 N–H and O–H groups in total. The Morgan fingerprint density at radius 1 is 1.23 bits per heavy atom. The molecule has 132 valence electrons. The number of carbonyl (C=O) groups excluding carboxylic acids is 1. The zero-order valence-electron chi connectivity index (χ0n) is 14.9. The Bertz CT molecular complexity index is 926. The van der Waals surface area contributed by atoms with Gasteiger partial charge in [-0.1, -0.05) is 18.2 Å². The van der Waals surface area contributed by atoms with E-state index in [1.807, 2.05) is 42.5 Å². The molecular formula is C21H22N4O. The lowest BCUT2D eigenvalue weighted by molar-refractivity contribution is 0.0914. The van der Waals surface area contributed by atoms with Crippen LogP contribution >= 0.6 is 0 Å². The number of rotatable bonds is 3. The van der Waals surface area contributed by atoms with Crippen molar-refractivity contribution in [2.75, 3.05) is 20.1 Å². The van der Waals surface area contributed by atoms with Crippen molar-refractivity contribution >= 4 is 16.8 Å². The third kappa shape index (κ3) is 3.44. The van der Waals surface area contributed by atoms with Gasteiger partial charge in [0.1, 0.15) is 0 Å². The first-order valence-corrected chi connectivity index (χ1v) is 9.00.